The van der Waals surface area contributed by atoms with Crippen molar-refractivity contribution in [1.82, 2.24) is 10.3 Å². The Balaban J connectivity index is 2.11. The first-order chi connectivity index (χ1) is 8.34. The van der Waals surface area contributed by atoms with Gasteiger partial charge in [0.2, 0.25) is 0 Å². The van der Waals surface area contributed by atoms with Gasteiger partial charge in [-0.1, -0.05) is 12.1 Å². The van der Waals surface area contributed by atoms with E-state index < -0.39 is 0 Å². The van der Waals surface area contributed by atoms with E-state index in [1.807, 2.05) is 13.1 Å². The summed E-state index contributed by atoms with van der Waals surface area (Å²) in [7, 11) is 0. The number of benzene rings is 1. The molecule has 3 nitrogen and oxygen atoms in total. The zero-order valence-corrected chi connectivity index (χ0v) is 10.1. The van der Waals surface area contributed by atoms with Gasteiger partial charge in [0.1, 0.15) is 0 Å². The fraction of sp³-hybridized carbons (Fsp3) is 0.357. The van der Waals surface area contributed by atoms with Gasteiger partial charge in [-0.25, -0.2) is 0 Å². The molecule has 0 radical (unpaired) electrons. The lowest BCUT2D eigenvalue weighted by molar-refractivity contribution is 0.590. The molecular formula is C14H17N3. The summed E-state index contributed by atoms with van der Waals surface area (Å²) in [6.07, 6.45) is 1.97. The predicted octanol–water partition coefficient (Wildman–Crippen LogP) is 1.95. The second-order valence-electron chi connectivity index (χ2n) is 4.56. The second kappa shape index (κ2) is 4.34. The molecule has 0 atom stereocenters. The van der Waals surface area contributed by atoms with Crippen molar-refractivity contribution in [3.05, 3.63) is 36.2 Å². The molecule has 88 valence electrons. The molecular weight excluding hydrogens is 210 g/mol. The SMILES string of the molecule is Cc1cc2c(N3CCNCC3)cccc2cn1. The van der Waals surface area contributed by atoms with Gasteiger partial charge in [-0.3, -0.25) is 4.98 Å². The van der Waals surface area contributed by atoms with E-state index in [0.717, 1.165) is 31.9 Å². The van der Waals surface area contributed by atoms with Crippen molar-refractivity contribution in [3.8, 4) is 0 Å². The van der Waals surface area contributed by atoms with Crippen molar-refractivity contribution in [2.45, 2.75) is 6.92 Å². The van der Waals surface area contributed by atoms with E-state index in [1.165, 1.54) is 16.5 Å². The number of anilines is 1. The lowest BCUT2D eigenvalue weighted by Crippen LogP contribution is -2.43. The summed E-state index contributed by atoms with van der Waals surface area (Å²) in [6, 6.07) is 8.66. The van der Waals surface area contributed by atoms with Crippen LogP contribution in [-0.4, -0.2) is 31.2 Å². The van der Waals surface area contributed by atoms with E-state index in [-0.39, 0.29) is 0 Å². The molecule has 0 spiro atoms. The zero-order valence-electron chi connectivity index (χ0n) is 10.1. The van der Waals surface area contributed by atoms with E-state index in [4.69, 9.17) is 0 Å². The van der Waals surface area contributed by atoms with Crippen LogP contribution in [0.25, 0.3) is 10.8 Å². The number of nitrogens with one attached hydrogen (secondary N) is 1. The maximum atomic E-state index is 4.36. The molecule has 0 unspecified atom stereocenters. The molecule has 1 aliphatic heterocycles. The van der Waals surface area contributed by atoms with Gasteiger partial charge in [0.05, 0.1) is 0 Å². The van der Waals surface area contributed by atoms with Gasteiger partial charge < -0.3 is 10.2 Å². The summed E-state index contributed by atoms with van der Waals surface area (Å²) in [5.74, 6) is 0. The van der Waals surface area contributed by atoms with E-state index in [9.17, 15) is 0 Å². The molecule has 17 heavy (non-hydrogen) atoms. The molecule has 2 heterocycles. The number of aromatic nitrogens is 1. The molecule has 1 aromatic heterocycles. The summed E-state index contributed by atoms with van der Waals surface area (Å²) < 4.78 is 0. The molecule has 1 saturated heterocycles. The minimum absolute atomic E-state index is 1.07. The highest BCUT2D eigenvalue weighted by Crippen LogP contribution is 2.27. The van der Waals surface area contributed by atoms with E-state index >= 15 is 0 Å². The number of pyridine rings is 1. The number of piperazine rings is 1. The van der Waals surface area contributed by atoms with Gasteiger partial charge in [0.15, 0.2) is 0 Å². The minimum Gasteiger partial charge on any atom is -0.368 e. The Hall–Kier alpha value is -1.61. The lowest BCUT2D eigenvalue weighted by Gasteiger charge is -2.30. The van der Waals surface area contributed by atoms with Crippen LogP contribution in [0.2, 0.25) is 0 Å². The average Bonchev–Trinajstić information content (AvgIpc) is 2.39. The third-order valence-electron chi connectivity index (χ3n) is 3.34. The first-order valence-corrected chi connectivity index (χ1v) is 6.16. The van der Waals surface area contributed by atoms with Crippen LogP contribution in [0.3, 0.4) is 0 Å². The van der Waals surface area contributed by atoms with Crippen LogP contribution in [0.5, 0.6) is 0 Å². The molecule has 1 aliphatic rings. The predicted molar refractivity (Wildman–Crippen MR) is 71.6 cm³/mol. The molecule has 3 heteroatoms. The largest absolute Gasteiger partial charge is 0.368 e. The molecule has 0 bridgehead atoms. The monoisotopic (exact) mass is 227 g/mol. The number of rotatable bonds is 1. The number of hydrogen-bond acceptors (Lipinski definition) is 3. The van der Waals surface area contributed by atoms with E-state index in [1.54, 1.807) is 0 Å². The molecule has 0 amide bonds. The summed E-state index contributed by atoms with van der Waals surface area (Å²) >= 11 is 0. The van der Waals surface area contributed by atoms with Gasteiger partial charge >= 0.3 is 0 Å². The lowest BCUT2D eigenvalue weighted by atomic mass is 10.1. The second-order valence-corrected chi connectivity index (χ2v) is 4.56. The van der Waals surface area contributed by atoms with Gasteiger partial charge in [0.25, 0.3) is 0 Å². The normalized spacial score (nSPS) is 16.4. The Morgan fingerprint density at radius 1 is 1.24 bits per heavy atom. The average molecular weight is 227 g/mol. The number of fused-ring (bicyclic) bond motifs is 1. The van der Waals surface area contributed by atoms with Crippen LogP contribution in [-0.2, 0) is 0 Å². The fourth-order valence-corrected chi connectivity index (χ4v) is 2.44. The molecule has 0 saturated carbocycles. The Kier molecular flexibility index (Phi) is 2.69. The van der Waals surface area contributed by atoms with Crippen molar-refractivity contribution >= 4 is 16.5 Å². The Morgan fingerprint density at radius 3 is 2.88 bits per heavy atom. The molecule has 0 aliphatic carbocycles. The highest BCUT2D eigenvalue weighted by atomic mass is 15.2. The van der Waals surface area contributed by atoms with Gasteiger partial charge in [-0.15, -0.1) is 0 Å². The topological polar surface area (TPSA) is 28.2 Å². The Labute approximate surface area is 101 Å². The standard InChI is InChI=1S/C14H17N3/c1-11-9-13-12(10-16-11)3-2-4-14(13)17-7-5-15-6-8-17/h2-4,9-10,15H,5-8H2,1H3. The number of aryl methyl sites for hydroxylation is 1. The summed E-state index contributed by atoms with van der Waals surface area (Å²) in [5.41, 5.74) is 2.43. The first kappa shape index (κ1) is 10.5. The van der Waals surface area contributed by atoms with Crippen LogP contribution < -0.4 is 10.2 Å². The number of hydrogen-bond donors (Lipinski definition) is 1. The minimum atomic E-state index is 1.07. The van der Waals surface area contributed by atoms with Crippen LogP contribution in [0.4, 0.5) is 5.69 Å². The van der Waals surface area contributed by atoms with Gasteiger partial charge in [-0.05, 0) is 19.1 Å². The van der Waals surface area contributed by atoms with Crippen molar-refractivity contribution < 1.29 is 0 Å². The van der Waals surface area contributed by atoms with Crippen molar-refractivity contribution in [1.29, 1.82) is 0 Å². The van der Waals surface area contributed by atoms with E-state index in [2.05, 4.69) is 39.5 Å². The summed E-state index contributed by atoms with van der Waals surface area (Å²) in [6.45, 7) is 6.36. The van der Waals surface area contributed by atoms with Crippen LogP contribution in [0.1, 0.15) is 5.69 Å². The van der Waals surface area contributed by atoms with Crippen LogP contribution in [0.15, 0.2) is 30.5 Å². The van der Waals surface area contributed by atoms with Gasteiger partial charge in [0, 0.05) is 54.5 Å². The molecule has 1 fully saturated rings. The van der Waals surface area contributed by atoms with Gasteiger partial charge in [-0.2, -0.15) is 0 Å². The Bertz CT molecular complexity index is 530. The van der Waals surface area contributed by atoms with Crippen molar-refractivity contribution in [3.63, 3.8) is 0 Å². The number of nitrogens with zero attached hydrogens (tertiary/aromatic N) is 2. The molecule has 1 aromatic carbocycles. The summed E-state index contributed by atoms with van der Waals surface area (Å²) in [5, 5.41) is 5.94. The maximum Gasteiger partial charge on any atom is 0.0448 e. The third-order valence-corrected chi connectivity index (χ3v) is 3.34. The fourth-order valence-electron chi connectivity index (χ4n) is 2.44. The highest BCUT2D eigenvalue weighted by Gasteiger charge is 2.12. The first-order valence-electron chi connectivity index (χ1n) is 6.16. The van der Waals surface area contributed by atoms with Crippen molar-refractivity contribution in [2.75, 3.05) is 31.1 Å². The third kappa shape index (κ3) is 1.98. The summed E-state index contributed by atoms with van der Waals surface area (Å²) in [4.78, 5) is 6.82. The highest BCUT2D eigenvalue weighted by molar-refractivity contribution is 5.94. The van der Waals surface area contributed by atoms with Crippen molar-refractivity contribution in [2.24, 2.45) is 0 Å². The van der Waals surface area contributed by atoms with Crippen LogP contribution >= 0.6 is 0 Å². The van der Waals surface area contributed by atoms with Crippen LogP contribution in [0, 0.1) is 6.92 Å². The Morgan fingerprint density at radius 2 is 2.06 bits per heavy atom. The smallest absolute Gasteiger partial charge is 0.0448 e. The quantitative estimate of drug-likeness (QED) is 0.807. The zero-order chi connectivity index (χ0) is 11.7. The maximum absolute atomic E-state index is 4.36. The molecule has 3 rings (SSSR count). The molecule has 1 N–H and O–H groups in total. The van der Waals surface area contributed by atoms with E-state index in [0.29, 0.717) is 0 Å². The molecule has 2 aromatic rings.